The highest BCUT2D eigenvalue weighted by Gasteiger charge is 2.40. The monoisotopic (exact) mass is 447 g/mol. The van der Waals surface area contributed by atoms with Gasteiger partial charge in [-0.25, -0.2) is 17.7 Å². The smallest absolute Gasteiger partial charge is 0.215 e. The van der Waals surface area contributed by atoms with Crippen LogP contribution in [0.2, 0.25) is 0 Å². The van der Waals surface area contributed by atoms with Crippen LogP contribution in [0.5, 0.6) is 0 Å². The molecule has 0 saturated carbocycles. The third kappa shape index (κ3) is 4.10. The molecule has 4 aromatic carbocycles. The van der Waals surface area contributed by atoms with Gasteiger partial charge in [0.1, 0.15) is 0 Å². The maximum atomic E-state index is 2.44. The van der Waals surface area contributed by atoms with Gasteiger partial charge in [-0.3, -0.25) is 0 Å². The van der Waals surface area contributed by atoms with Gasteiger partial charge >= 0.3 is 0 Å². The van der Waals surface area contributed by atoms with Crippen molar-refractivity contribution >= 4 is 30.8 Å². The fraction of sp³-hybridized carbons (Fsp3) is 0.250. The molecule has 0 aliphatic rings. The molecule has 0 N–H and O–H groups in total. The molecule has 168 valence electrons. The standard InChI is InChI=1S/4C8H9.Al/c4*1-7-4-3-5-8(2)6-7;/h4*3-4,6H,1-2H3;/q;;;;-1. The van der Waals surface area contributed by atoms with Crippen LogP contribution in [0.1, 0.15) is 44.5 Å². The van der Waals surface area contributed by atoms with Gasteiger partial charge in [-0.2, -0.15) is 0 Å². The Balaban J connectivity index is 2.28. The predicted molar refractivity (Wildman–Crippen MR) is 148 cm³/mol. The fourth-order valence-electron chi connectivity index (χ4n) is 6.25. The summed E-state index contributed by atoms with van der Waals surface area (Å²) in [5, 5.41) is 0. The van der Waals surface area contributed by atoms with Crippen molar-refractivity contribution in [1.82, 2.24) is 0 Å². The Kier molecular flexibility index (Phi) is 6.41. The predicted octanol–water partition coefficient (Wildman–Crippen LogP) is 5.53. The highest BCUT2D eigenvalue weighted by atomic mass is 27.2. The van der Waals surface area contributed by atoms with Crippen molar-refractivity contribution in [2.24, 2.45) is 0 Å². The normalized spacial score (nSPS) is 11.6. The topological polar surface area (TPSA) is 0 Å². The van der Waals surface area contributed by atoms with Gasteiger partial charge in [0, 0.05) is 0 Å². The molecule has 0 radical (unpaired) electrons. The second-order valence-corrected chi connectivity index (χ2v) is 14.5. The van der Waals surface area contributed by atoms with E-state index in [1.165, 1.54) is 62.2 Å². The van der Waals surface area contributed by atoms with Crippen LogP contribution < -0.4 is 17.7 Å². The lowest BCUT2D eigenvalue weighted by atomic mass is 10.1. The molecule has 0 amide bonds. The van der Waals surface area contributed by atoms with E-state index < -0.39 is 13.1 Å². The summed E-state index contributed by atoms with van der Waals surface area (Å²) in [6.07, 6.45) is 0. The van der Waals surface area contributed by atoms with Crippen molar-refractivity contribution in [3.8, 4) is 0 Å². The van der Waals surface area contributed by atoms with Crippen molar-refractivity contribution in [2.45, 2.75) is 55.4 Å². The average molecular weight is 448 g/mol. The van der Waals surface area contributed by atoms with Crippen LogP contribution in [0.25, 0.3) is 0 Å². The van der Waals surface area contributed by atoms with E-state index in [-0.39, 0.29) is 0 Å². The molecular weight excluding hydrogens is 411 g/mol. The van der Waals surface area contributed by atoms with Gasteiger partial charge < -0.3 is 0 Å². The largest absolute Gasteiger partial charge is 0.268 e. The summed E-state index contributed by atoms with van der Waals surface area (Å²) < 4.78 is 6.11. The Labute approximate surface area is 203 Å². The Morgan fingerprint density at radius 2 is 0.545 bits per heavy atom. The van der Waals surface area contributed by atoms with E-state index in [2.05, 4.69) is 128 Å². The van der Waals surface area contributed by atoms with Crippen molar-refractivity contribution in [1.29, 1.82) is 0 Å². The molecule has 0 fully saturated rings. The third-order valence-corrected chi connectivity index (χ3v) is 13.9. The number of benzene rings is 4. The number of hydrogen-bond donors (Lipinski definition) is 0. The summed E-state index contributed by atoms with van der Waals surface area (Å²) in [7, 11) is 0. The zero-order chi connectivity index (χ0) is 23.9. The lowest BCUT2D eigenvalue weighted by Crippen LogP contribution is -2.76. The second kappa shape index (κ2) is 8.98. The van der Waals surface area contributed by atoms with Crippen molar-refractivity contribution in [2.75, 3.05) is 0 Å². The number of aryl methyl sites for hydroxylation is 8. The van der Waals surface area contributed by atoms with Crippen LogP contribution >= 0.6 is 0 Å². The van der Waals surface area contributed by atoms with Crippen molar-refractivity contribution in [3.05, 3.63) is 117 Å². The highest BCUT2D eigenvalue weighted by Crippen LogP contribution is 2.19. The molecule has 0 heterocycles. The first kappa shape index (κ1) is 23.6. The van der Waals surface area contributed by atoms with Gasteiger partial charge in [-0.1, -0.05) is 93.0 Å². The van der Waals surface area contributed by atoms with Gasteiger partial charge in [0.25, 0.3) is 13.1 Å². The quantitative estimate of drug-likeness (QED) is 0.361. The molecule has 0 spiro atoms. The van der Waals surface area contributed by atoms with Crippen molar-refractivity contribution < 1.29 is 0 Å². The van der Waals surface area contributed by atoms with Crippen LogP contribution in [0.15, 0.2) is 72.8 Å². The molecule has 0 unspecified atom stereocenters. The lowest BCUT2D eigenvalue weighted by Gasteiger charge is -2.45. The van der Waals surface area contributed by atoms with E-state index in [0.29, 0.717) is 0 Å². The Hall–Kier alpha value is -2.59. The van der Waals surface area contributed by atoms with Gasteiger partial charge in [0.15, 0.2) is 0 Å². The first-order chi connectivity index (χ1) is 15.6. The van der Waals surface area contributed by atoms with E-state index in [1.54, 1.807) is 0 Å². The molecule has 1 heteroatoms. The van der Waals surface area contributed by atoms with Gasteiger partial charge in [-0.05, 0) is 55.4 Å². The van der Waals surface area contributed by atoms with E-state index in [1.807, 2.05) is 0 Å². The van der Waals surface area contributed by atoms with Crippen LogP contribution in [-0.4, -0.2) is 13.1 Å². The zero-order valence-electron chi connectivity index (χ0n) is 21.5. The second-order valence-electron chi connectivity index (χ2n) is 10.3. The summed E-state index contributed by atoms with van der Waals surface area (Å²) in [4.78, 5) is 0. The molecule has 0 atom stereocenters. The van der Waals surface area contributed by atoms with Crippen LogP contribution in [-0.2, 0) is 0 Å². The van der Waals surface area contributed by atoms with Gasteiger partial charge in [-0.15, -0.1) is 24.3 Å². The molecular formula is C32H36Al-. The Morgan fingerprint density at radius 3 is 0.727 bits per heavy atom. The van der Waals surface area contributed by atoms with Crippen LogP contribution in [0.3, 0.4) is 0 Å². The Morgan fingerprint density at radius 1 is 0.333 bits per heavy atom. The fourth-order valence-corrected chi connectivity index (χ4v) is 12.9. The van der Waals surface area contributed by atoms with Crippen molar-refractivity contribution in [3.63, 3.8) is 0 Å². The SMILES string of the molecule is Cc1cc[c]([Al-]([c]2ccc(C)cc2C)([c]2ccc(C)cc2C)[c]2ccc(C)cc2C)c(C)c1. The summed E-state index contributed by atoms with van der Waals surface area (Å²) in [6.45, 7) is 18.1. The first-order valence-electron chi connectivity index (χ1n) is 12.1. The van der Waals surface area contributed by atoms with E-state index in [4.69, 9.17) is 0 Å². The van der Waals surface area contributed by atoms with Gasteiger partial charge in [0.05, 0.1) is 0 Å². The average Bonchev–Trinajstić information content (AvgIpc) is 2.72. The number of hydrogen-bond acceptors (Lipinski definition) is 0. The first-order valence-corrected chi connectivity index (χ1v) is 14.4. The molecule has 4 aromatic rings. The molecule has 0 aliphatic carbocycles. The van der Waals surface area contributed by atoms with E-state index in [9.17, 15) is 0 Å². The maximum Gasteiger partial charge on any atom is 0.268 e. The lowest BCUT2D eigenvalue weighted by molar-refractivity contribution is 1.37. The minimum atomic E-state index is -3.00. The van der Waals surface area contributed by atoms with E-state index >= 15 is 0 Å². The Bertz CT molecular complexity index is 1130. The van der Waals surface area contributed by atoms with Crippen LogP contribution in [0.4, 0.5) is 0 Å². The molecule has 0 nitrogen and oxygen atoms in total. The minimum absolute atomic E-state index is 1.32. The van der Waals surface area contributed by atoms with Gasteiger partial charge in [0.2, 0.25) is 0 Å². The molecule has 0 aromatic heterocycles. The summed E-state index contributed by atoms with van der Waals surface area (Å²) in [6, 6.07) is 28.5. The third-order valence-electron chi connectivity index (χ3n) is 7.57. The molecule has 4 rings (SSSR count). The summed E-state index contributed by atoms with van der Waals surface area (Å²) >= 11 is -3.00. The summed E-state index contributed by atoms with van der Waals surface area (Å²) in [5.74, 6) is 0. The van der Waals surface area contributed by atoms with Crippen LogP contribution in [0, 0.1) is 55.4 Å². The molecule has 0 saturated heterocycles. The molecule has 0 aliphatic heterocycles. The molecule has 0 bridgehead atoms. The minimum Gasteiger partial charge on any atom is -0.215 e. The number of rotatable bonds is 4. The summed E-state index contributed by atoms with van der Waals surface area (Å²) in [5.41, 5.74) is 10.9. The maximum absolute atomic E-state index is 3.00. The highest BCUT2D eigenvalue weighted by molar-refractivity contribution is 7.20. The van der Waals surface area contributed by atoms with E-state index in [0.717, 1.165) is 0 Å². The zero-order valence-corrected chi connectivity index (χ0v) is 22.7. The molecule has 33 heavy (non-hydrogen) atoms.